The Morgan fingerprint density at radius 2 is 2.31 bits per heavy atom. The minimum Gasteiger partial charge on any atom is -0.476 e. The molecule has 0 radical (unpaired) electrons. The van der Waals surface area contributed by atoms with Crippen molar-refractivity contribution in [2.75, 3.05) is 6.61 Å². The van der Waals surface area contributed by atoms with E-state index in [4.69, 9.17) is 21.6 Å². The Morgan fingerprint density at radius 1 is 1.54 bits per heavy atom. The minimum atomic E-state index is -0.492. The summed E-state index contributed by atoms with van der Waals surface area (Å²) in [6.07, 6.45) is 0. The molecule has 0 aliphatic carbocycles. The van der Waals surface area contributed by atoms with Gasteiger partial charge in [0.25, 0.3) is 0 Å². The second-order valence-electron chi connectivity index (χ2n) is 2.35. The molecule has 4 heteroatoms. The highest BCUT2D eigenvalue weighted by Crippen LogP contribution is 2.18. The Kier molecular flexibility index (Phi) is 3.53. The molecule has 0 saturated carbocycles. The molecule has 1 aromatic rings. The predicted molar refractivity (Wildman–Crippen MR) is 47.1 cm³/mol. The second kappa shape index (κ2) is 4.68. The third-order valence-electron chi connectivity index (χ3n) is 1.44. The maximum Gasteiger partial charge on any atom is 0.174 e. The van der Waals surface area contributed by atoms with Crippen molar-refractivity contribution in [3.05, 3.63) is 29.6 Å². The van der Waals surface area contributed by atoms with E-state index in [2.05, 4.69) is 0 Å². The van der Waals surface area contributed by atoms with Crippen LogP contribution in [-0.2, 0) is 5.88 Å². The van der Waals surface area contributed by atoms with Crippen LogP contribution < -0.4 is 4.74 Å². The summed E-state index contributed by atoms with van der Waals surface area (Å²) in [6, 6.07) is 6.17. The Hall–Kier alpha value is -1.27. The Morgan fingerprint density at radius 3 is 2.85 bits per heavy atom. The van der Waals surface area contributed by atoms with E-state index in [0.717, 1.165) is 0 Å². The predicted octanol–water partition coefficient (Wildman–Crippen LogP) is 2.47. The molecule has 0 amide bonds. The Labute approximate surface area is 80.5 Å². The number of hydrogen-bond acceptors (Lipinski definition) is 2. The first-order chi connectivity index (χ1) is 6.27. The largest absolute Gasteiger partial charge is 0.476 e. The lowest BCUT2D eigenvalue weighted by atomic mass is 10.2. The molecule has 0 aromatic heterocycles. The topological polar surface area (TPSA) is 33.0 Å². The highest BCUT2D eigenvalue weighted by molar-refractivity contribution is 6.17. The Balaban J connectivity index is 2.80. The standard InChI is InChI=1S/C9H7ClFNO/c10-6-7-1-2-9(8(11)5-7)13-4-3-12/h1-2,5H,4,6H2. The molecule has 1 rings (SSSR count). The molecule has 0 heterocycles. The van der Waals surface area contributed by atoms with E-state index in [9.17, 15) is 4.39 Å². The van der Waals surface area contributed by atoms with Gasteiger partial charge in [-0.1, -0.05) is 6.07 Å². The van der Waals surface area contributed by atoms with Gasteiger partial charge in [-0.05, 0) is 17.7 Å². The van der Waals surface area contributed by atoms with E-state index in [1.165, 1.54) is 12.1 Å². The number of hydrogen-bond donors (Lipinski definition) is 0. The van der Waals surface area contributed by atoms with Crippen LogP contribution in [0.15, 0.2) is 18.2 Å². The number of benzene rings is 1. The smallest absolute Gasteiger partial charge is 0.174 e. The van der Waals surface area contributed by atoms with Crippen molar-refractivity contribution in [1.82, 2.24) is 0 Å². The third kappa shape index (κ3) is 2.60. The zero-order chi connectivity index (χ0) is 9.68. The second-order valence-corrected chi connectivity index (χ2v) is 2.61. The molecular weight excluding hydrogens is 193 g/mol. The monoisotopic (exact) mass is 199 g/mol. The molecule has 0 spiro atoms. The van der Waals surface area contributed by atoms with Crippen LogP contribution in [-0.4, -0.2) is 6.61 Å². The molecule has 0 bridgehead atoms. The number of halogens is 2. The maximum atomic E-state index is 13.1. The van der Waals surface area contributed by atoms with Crippen LogP contribution in [0.2, 0.25) is 0 Å². The van der Waals surface area contributed by atoms with Crippen LogP contribution in [0.25, 0.3) is 0 Å². The van der Waals surface area contributed by atoms with Crippen molar-refractivity contribution >= 4 is 11.6 Å². The van der Waals surface area contributed by atoms with Crippen molar-refractivity contribution in [3.8, 4) is 11.8 Å². The zero-order valence-corrected chi connectivity index (χ0v) is 7.51. The number of rotatable bonds is 3. The summed E-state index contributed by atoms with van der Waals surface area (Å²) in [7, 11) is 0. The Bertz CT molecular complexity index is 335. The molecule has 1 aromatic carbocycles. The fourth-order valence-electron chi connectivity index (χ4n) is 0.855. The normalized spacial score (nSPS) is 9.31. The third-order valence-corrected chi connectivity index (χ3v) is 1.75. The average molecular weight is 200 g/mol. The van der Waals surface area contributed by atoms with Gasteiger partial charge in [-0.3, -0.25) is 0 Å². The van der Waals surface area contributed by atoms with Crippen LogP contribution in [0.1, 0.15) is 5.56 Å². The summed E-state index contributed by atoms with van der Waals surface area (Å²) >= 11 is 5.50. The van der Waals surface area contributed by atoms with E-state index >= 15 is 0 Å². The molecule has 0 atom stereocenters. The van der Waals surface area contributed by atoms with E-state index in [1.807, 2.05) is 0 Å². The highest BCUT2D eigenvalue weighted by Gasteiger charge is 2.03. The first-order valence-corrected chi connectivity index (χ1v) is 4.15. The quantitative estimate of drug-likeness (QED) is 0.701. The molecular formula is C9H7ClFNO. The number of ether oxygens (including phenoxy) is 1. The van der Waals surface area contributed by atoms with Gasteiger partial charge in [0.1, 0.15) is 6.07 Å². The average Bonchev–Trinajstić information content (AvgIpc) is 2.16. The lowest BCUT2D eigenvalue weighted by Gasteiger charge is -2.03. The summed E-state index contributed by atoms with van der Waals surface area (Å²) in [6.45, 7) is -0.156. The van der Waals surface area contributed by atoms with Crippen molar-refractivity contribution in [3.63, 3.8) is 0 Å². The van der Waals surface area contributed by atoms with Gasteiger partial charge in [-0.2, -0.15) is 5.26 Å². The van der Waals surface area contributed by atoms with Gasteiger partial charge < -0.3 is 4.74 Å². The van der Waals surface area contributed by atoms with E-state index < -0.39 is 5.82 Å². The fourth-order valence-corrected chi connectivity index (χ4v) is 1.02. The number of nitrogens with zero attached hydrogens (tertiary/aromatic N) is 1. The van der Waals surface area contributed by atoms with E-state index in [0.29, 0.717) is 5.56 Å². The SMILES string of the molecule is N#CCOc1ccc(CCl)cc1F. The highest BCUT2D eigenvalue weighted by atomic mass is 35.5. The van der Waals surface area contributed by atoms with Gasteiger partial charge in [-0.25, -0.2) is 4.39 Å². The van der Waals surface area contributed by atoms with Gasteiger partial charge in [0.15, 0.2) is 18.2 Å². The lowest BCUT2D eigenvalue weighted by Crippen LogP contribution is -1.96. The van der Waals surface area contributed by atoms with Crippen LogP contribution in [0, 0.1) is 17.1 Å². The van der Waals surface area contributed by atoms with Gasteiger partial charge >= 0.3 is 0 Å². The van der Waals surface area contributed by atoms with Gasteiger partial charge in [-0.15, -0.1) is 11.6 Å². The molecule has 13 heavy (non-hydrogen) atoms. The van der Waals surface area contributed by atoms with Gasteiger partial charge in [0.2, 0.25) is 0 Å². The van der Waals surface area contributed by atoms with Crippen LogP contribution in [0.4, 0.5) is 4.39 Å². The molecule has 0 N–H and O–H groups in total. The van der Waals surface area contributed by atoms with E-state index in [-0.39, 0.29) is 18.2 Å². The molecule has 68 valence electrons. The summed E-state index contributed by atoms with van der Waals surface area (Å²) in [5.74, 6) is -0.154. The van der Waals surface area contributed by atoms with Gasteiger partial charge in [0.05, 0.1) is 0 Å². The van der Waals surface area contributed by atoms with Crippen LogP contribution >= 0.6 is 11.6 Å². The molecule has 0 fully saturated rings. The summed E-state index contributed by atoms with van der Waals surface area (Å²) in [5, 5.41) is 8.20. The molecule has 0 aliphatic rings. The fraction of sp³-hybridized carbons (Fsp3) is 0.222. The van der Waals surface area contributed by atoms with E-state index in [1.54, 1.807) is 12.1 Å². The molecule has 0 aliphatic heterocycles. The first-order valence-electron chi connectivity index (χ1n) is 3.62. The van der Waals surface area contributed by atoms with Crippen LogP contribution in [0.5, 0.6) is 5.75 Å². The maximum absolute atomic E-state index is 13.1. The zero-order valence-electron chi connectivity index (χ0n) is 6.76. The molecule has 2 nitrogen and oxygen atoms in total. The van der Waals surface area contributed by atoms with Crippen molar-refractivity contribution in [2.45, 2.75) is 5.88 Å². The van der Waals surface area contributed by atoms with Crippen molar-refractivity contribution < 1.29 is 9.13 Å². The van der Waals surface area contributed by atoms with Crippen LogP contribution in [0.3, 0.4) is 0 Å². The number of alkyl halides is 1. The minimum absolute atomic E-state index is 0.0791. The number of nitriles is 1. The lowest BCUT2D eigenvalue weighted by molar-refractivity contribution is 0.346. The summed E-state index contributed by atoms with van der Waals surface area (Å²) in [5.41, 5.74) is 0.684. The first kappa shape index (κ1) is 9.82. The van der Waals surface area contributed by atoms with Crippen molar-refractivity contribution in [2.24, 2.45) is 0 Å². The molecule has 0 unspecified atom stereocenters. The summed E-state index contributed by atoms with van der Waals surface area (Å²) < 4.78 is 17.9. The summed E-state index contributed by atoms with van der Waals surface area (Å²) in [4.78, 5) is 0. The van der Waals surface area contributed by atoms with Gasteiger partial charge in [0, 0.05) is 5.88 Å². The van der Waals surface area contributed by atoms with Crippen molar-refractivity contribution in [1.29, 1.82) is 5.26 Å². The molecule has 0 saturated heterocycles.